The zero-order chi connectivity index (χ0) is 19.1. The van der Waals surface area contributed by atoms with Gasteiger partial charge in [0.2, 0.25) is 0 Å². The van der Waals surface area contributed by atoms with Crippen LogP contribution in [-0.4, -0.2) is 47.0 Å². The standard InChI is InChI=1S/C18H21NO5S2/c1-23-13-8-7-12(14(11-13)24-2)10-15-17(22)19(18(25)26-15)9-5-3-4-6-16(20)21/h7-8,10-11H,3-6,9H2,1-2H3,(H,20,21). The predicted molar refractivity (Wildman–Crippen MR) is 106 cm³/mol. The largest absolute Gasteiger partial charge is 0.497 e. The van der Waals surface area contributed by atoms with Crippen LogP contribution in [0.15, 0.2) is 23.1 Å². The SMILES string of the molecule is COc1ccc(C=C2SC(=S)N(CCCCCC(=O)O)C2=O)c(OC)c1. The number of carboxylic acids is 1. The third-order valence-corrected chi connectivity index (χ3v) is 5.25. The van der Waals surface area contributed by atoms with Crippen molar-refractivity contribution in [3.63, 3.8) is 0 Å². The van der Waals surface area contributed by atoms with Crippen molar-refractivity contribution in [2.75, 3.05) is 20.8 Å². The van der Waals surface area contributed by atoms with Crippen LogP contribution in [0.1, 0.15) is 31.2 Å². The summed E-state index contributed by atoms with van der Waals surface area (Å²) in [5.74, 6) is 0.360. The minimum absolute atomic E-state index is 0.129. The molecule has 2 rings (SSSR count). The number of thioether (sulfide) groups is 1. The molecule has 1 N–H and O–H groups in total. The molecule has 1 aromatic rings. The Morgan fingerprint density at radius 1 is 1.27 bits per heavy atom. The summed E-state index contributed by atoms with van der Waals surface area (Å²) >= 11 is 6.58. The van der Waals surface area contributed by atoms with Crippen LogP contribution in [0.3, 0.4) is 0 Å². The van der Waals surface area contributed by atoms with Crippen LogP contribution in [0.5, 0.6) is 11.5 Å². The number of nitrogens with zero attached hydrogens (tertiary/aromatic N) is 1. The first-order valence-electron chi connectivity index (χ1n) is 8.15. The van der Waals surface area contributed by atoms with Gasteiger partial charge in [-0.25, -0.2) is 0 Å². The number of methoxy groups -OCH3 is 2. The van der Waals surface area contributed by atoms with E-state index in [2.05, 4.69) is 0 Å². The quantitative estimate of drug-likeness (QED) is 0.389. The summed E-state index contributed by atoms with van der Waals surface area (Å²) in [7, 11) is 3.14. The average molecular weight is 396 g/mol. The van der Waals surface area contributed by atoms with E-state index in [9.17, 15) is 9.59 Å². The number of thiocarbonyl (C=S) groups is 1. The molecular formula is C18H21NO5S2. The molecule has 0 spiro atoms. The Kier molecular flexibility index (Phi) is 7.47. The van der Waals surface area contributed by atoms with Crippen LogP contribution in [0.2, 0.25) is 0 Å². The second-order valence-corrected chi connectivity index (χ2v) is 7.32. The number of carbonyl (C=O) groups is 2. The number of ether oxygens (including phenoxy) is 2. The van der Waals surface area contributed by atoms with Gasteiger partial charge >= 0.3 is 5.97 Å². The normalized spacial score (nSPS) is 15.6. The van der Waals surface area contributed by atoms with Crippen molar-refractivity contribution >= 4 is 46.3 Å². The monoisotopic (exact) mass is 395 g/mol. The number of carbonyl (C=O) groups excluding carboxylic acids is 1. The number of benzene rings is 1. The van der Waals surface area contributed by atoms with Crippen LogP contribution in [0, 0.1) is 0 Å². The smallest absolute Gasteiger partial charge is 0.303 e. The molecule has 0 atom stereocenters. The molecule has 0 aromatic heterocycles. The number of rotatable bonds is 9. The van der Waals surface area contributed by atoms with Gasteiger partial charge in [0.15, 0.2) is 0 Å². The molecule has 1 aliphatic heterocycles. The number of hydrogen-bond donors (Lipinski definition) is 1. The van der Waals surface area contributed by atoms with Crippen molar-refractivity contribution in [1.82, 2.24) is 4.90 Å². The zero-order valence-electron chi connectivity index (χ0n) is 14.7. The van der Waals surface area contributed by atoms with E-state index in [1.54, 1.807) is 37.3 Å². The van der Waals surface area contributed by atoms with Crippen LogP contribution in [0.25, 0.3) is 6.08 Å². The van der Waals surface area contributed by atoms with E-state index in [0.717, 1.165) is 18.4 Å². The van der Waals surface area contributed by atoms with Gasteiger partial charge in [0.1, 0.15) is 15.8 Å². The van der Waals surface area contributed by atoms with Crippen molar-refractivity contribution < 1.29 is 24.2 Å². The number of unbranched alkanes of at least 4 members (excludes halogenated alkanes) is 2. The Morgan fingerprint density at radius 3 is 2.69 bits per heavy atom. The van der Waals surface area contributed by atoms with Gasteiger partial charge in [0, 0.05) is 24.6 Å². The van der Waals surface area contributed by atoms with E-state index < -0.39 is 5.97 Å². The summed E-state index contributed by atoms with van der Waals surface area (Å²) in [6.45, 7) is 0.501. The summed E-state index contributed by atoms with van der Waals surface area (Å²) < 4.78 is 11.1. The summed E-state index contributed by atoms with van der Waals surface area (Å²) in [5, 5.41) is 8.64. The van der Waals surface area contributed by atoms with Gasteiger partial charge in [-0.2, -0.15) is 0 Å². The van der Waals surface area contributed by atoms with E-state index in [0.29, 0.717) is 33.7 Å². The Labute approximate surface area is 162 Å². The summed E-state index contributed by atoms with van der Waals surface area (Å²) in [4.78, 5) is 25.2. The fourth-order valence-electron chi connectivity index (χ4n) is 2.49. The van der Waals surface area contributed by atoms with E-state index in [1.807, 2.05) is 6.07 Å². The fraction of sp³-hybridized carbons (Fsp3) is 0.389. The van der Waals surface area contributed by atoms with Crippen LogP contribution in [0.4, 0.5) is 0 Å². The van der Waals surface area contributed by atoms with Crippen LogP contribution < -0.4 is 9.47 Å². The van der Waals surface area contributed by atoms with E-state index in [-0.39, 0.29) is 12.3 Å². The Balaban J connectivity index is 2.03. The topological polar surface area (TPSA) is 76.1 Å². The number of aliphatic carboxylic acids is 1. The molecule has 0 bridgehead atoms. The number of carboxylic acid groups (broad SMARTS) is 1. The second-order valence-electron chi connectivity index (χ2n) is 5.65. The molecule has 26 heavy (non-hydrogen) atoms. The van der Waals surface area contributed by atoms with Crippen molar-refractivity contribution in [2.45, 2.75) is 25.7 Å². The molecule has 6 nitrogen and oxygen atoms in total. The summed E-state index contributed by atoms with van der Waals surface area (Å²) in [6, 6.07) is 5.39. The van der Waals surface area contributed by atoms with E-state index in [1.165, 1.54) is 11.8 Å². The maximum atomic E-state index is 12.6. The van der Waals surface area contributed by atoms with Crippen LogP contribution >= 0.6 is 24.0 Å². The van der Waals surface area contributed by atoms with Gasteiger partial charge in [-0.3, -0.25) is 14.5 Å². The molecule has 1 amide bonds. The minimum Gasteiger partial charge on any atom is -0.497 e. The average Bonchev–Trinajstić information content (AvgIpc) is 2.88. The lowest BCUT2D eigenvalue weighted by Crippen LogP contribution is -2.29. The molecule has 1 heterocycles. The molecule has 0 aliphatic carbocycles. The number of amides is 1. The molecule has 0 saturated carbocycles. The maximum Gasteiger partial charge on any atom is 0.303 e. The first kappa shape index (κ1) is 20.3. The lowest BCUT2D eigenvalue weighted by atomic mass is 10.1. The maximum absolute atomic E-state index is 12.6. The van der Waals surface area contributed by atoms with Crippen LogP contribution in [-0.2, 0) is 9.59 Å². The van der Waals surface area contributed by atoms with Gasteiger partial charge in [0.25, 0.3) is 5.91 Å². The molecule has 1 fully saturated rings. The first-order valence-corrected chi connectivity index (χ1v) is 9.38. The second kappa shape index (κ2) is 9.59. The molecule has 8 heteroatoms. The highest BCUT2D eigenvalue weighted by Gasteiger charge is 2.31. The third-order valence-electron chi connectivity index (χ3n) is 3.87. The van der Waals surface area contributed by atoms with Gasteiger partial charge in [-0.15, -0.1) is 0 Å². The first-order chi connectivity index (χ1) is 12.5. The number of hydrogen-bond acceptors (Lipinski definition) is 6. The predicted octanol–water partition coefficient (Wildman–Crippen LogP) is 3.55. The van der Waals surface area contributed by atoms with Gasteiger partial charge in [-0.05, 0) is 31.1 Å². The third kappa shape index (κ3) is 5.22. The molecular weight excluding hydrogens is 374 g/mol. The lowest BCUT2D eigenvalue weighted by molar-refractivity contribution is -0.137. The highest BCUT2D eigenvalue weighted by molar-refractivity contribution is 8.26. The molecule has 1 saturated heterocycles. The molecule has 1 aromatic carbocycles. The van der Waals surface area contributed by atoms with Gasteiger partial charge < -0.3 is 14.6 Å². The highest BCUT2D eigenvalue weighted by Crippen LogP contribution is 2.35. The Hall–Kier alpha value is -2.06. The molecule has 140 valence electrons. The van der Waals surface area contributed by atoms with Gasteiger partial charge in [-0.1, -0.05) is 30.4 Å². The lowest BCUT2D eigenvalue weighted by Gasteiger charge is -2.13. The van der Waals surface area contributed by atoms with E-state index in [4.69, 9.17) is 26.8 Å². The van der Waals surface area contributed by atoms with Gasteiger partial charge in [0.05, 0.1) is 19.1 Å². The van der Waals surface area contributed by atoms with Crippen molar-refractivity contribution in [3.8, 4) is 11.5 Å². The Bertz CT molecular complexity index is 732. The van der Waals surface area contributed by atoms with Crippen molar-refractivity contribution in [1.29, 1.82) is 0 Å². The zero-order valence-corrected chi connectivity index (χ0v) is 16.3. The van der Waals surface area contributed by atoms with Crippen molar-refractivity contribution in [2.24, 2.45) is 0 Å². The minimum atomic E-state index is -0.799. The molecule has 1 aliphatic rings. The van der Waals surface area contributed by atoms with E-state index >= 15 is 0 Å². The summed E-state index contributed by atoms with van der Waals surface area (Å²) in [6.07, 6.45) is 3.98. The highest BCUT2D eigenvalue weighted by atomic mass is 32.2. The fourth-order valence-corrected chi connectivity index (χ4v) is 3.79. The molecule has 0 unspecified atom stereocenters. The molecule has 0 radical (unpaired) electrons. The summed E-state index contributed by atoms with van der Waals surface area (Å²) in [5.41, 5.74) is 0.773. The Morgan fingerprint density at radius 2 is 2.04 bits per heavy atom. The van der Waals surface area contributed by atoms with Crippen molar-refractivity contribution in [3.05, 3.63) is 28.7 Å².